The van der Waals surface area contributed by atoms with E-state index in [4.69, 9.17) is 5.11 Å². The normalized spacial score (nSPS) is 15.4. The summed E-state index contributed by atoms with van der Waals surface area (Å²) in [5.41, 5.74) is 0.525. The van der Waals surface area contributed by atoms with Crippen LogP contribution in [0.3, 0.4) is 0 Å². The number of aliphatic hydroxyl groups is 1. The Balaban J connectivity index is 2.06. The fourth-order valence-corrected chi connectivity index (χ4v) is 1.96. The summed E-state index contributed by atoms with van der Waals surface area (Å²) in [7, 11) is 0. The van der Waals surface area contributed by atoms with Crippen molar-refractivity contribution in [3.05, 3.63) is 24.3 Å². The summed E-state index contributed by atoms with van der Waals surface area (Å²) < 4.78 is 0. The van der Waals surface area contributed by atoms with Crippen molar-refractivity contribution in [3.63, 3.8) is 0 Å². The van der Waals surface area contributed by atoms with Crippen LogP contribution >= 0.6 is 0 Å². The number of carbonyl (C=O) groups excluding carboxylic acids is 1. The topological polar surface area (TPSA) is 66.3 Å². The predicted molar refractivity (Wildman–Crippen MR) is 62.4 cm³/mol. The first-order valence-electron chi connectivity index (χ1n) is 6.00. The molecule has 0 atom stereocenters. The molecule has 17 heavy (non-hydrogen) atoms. The molecule has 92 valence electrons. The summed E-state index contributed by atoms with van der Waals surface area (Å²) in [6.07, 6.45) is 8.42. The molecule has 0 aliphatic heterocycles. The Morgan fingerprint density at radius 3 is 2.65 bits per heavy atom. The Kier molecular flexibility index (Phi) is 4.03. The first-order valence-corrected chi connectivity index (χ1v) is 6.00. The molecule has 1 saturated carbocycles. The minimum absolute atomic E-state index is 0.0243. The van der Waals surface area contributed by atoms with E-state index in [1.807, 2.05) is 4.90 Å². The number of hydrogen-bond acceptors (Lipinski definition) is 4. The lowest BCUT2D eigenvalue weighted by Gasteiger charge is -2.37. The second-order valence-corrected chi connectivity index (χ2v) is 4.29. The molecular weight excluding hydrogens is 218 g/mol. The van der Waals surface area contributed by atoms with Gasteiger partial charge < -0.3 is 10.0 Å². The lowest BCUT2D eigenvalue weighted by molar-refractivity contribution is 0.0561. The van der Waals surface area contributed by atoms with Crippen molar-refractivity contribution >= 4 is 5.91 Å². The van der Waals surface area contributed by atoms with Gasteiger partial charge in [-0.05, 0) is 25.7 Å². The number of nitrogens with zero attached hydrogens (tertiary/aromatic N) is 3. The second-order valence-electron chi connectivity index (χ2n) is 4.29. The number of aromatic nitrogens is 2. The van der Waals surface area contributed by atoms with Gasteiger partial charge in [0.2, 0.25) is 0 Å². The highest BCUT2D eigenvalue weighted by atomic mass is 16.3. The molecule has 1 aliphatic rings. The maximum Gasteiger partial charge on any atom is 0.257 e. The summed E-state index contributed by atoms with van der Waals surface area (Å²) in [4.78, 5) is 21.8. The maximum atomic E-state index is 12.2. The molecule has 2 rings (SSSR count). The lowest BCUT2D eigenvalue weighted by atomic mass is 9.91. The van der Waals surface area contributed by atoms with Gasteiger partial charge in [0.25, 0.3) is 5.91 Å². The zero-order chi connectivity index (χ0) is 12.1. The van der Waals surface area contributed by atoms with Crippen LogP contribution < -0.4 is 0 Å². The van der Waals surface area contributed by atoms with Gasteiger partial charge in [-0.15, -0.1) is 0 Å². The molecule has 1 amide bonds. The molecule has 0 spiro atoms. The number of carbonyl (C=O) groups is 1. The Morgan fingerprint density at radius 1 is 1.41 bits per heavy atom. The van der Waals surface area contributed by atoms with Crippen LogP contribution in [0.25, 0.3) is 0 Å². The smallest absolute Gasteiger partial charge is 0.257 e. The number of rotatable bonds is 5. The minimum atomic E-state index is -0.0243. The standard InChI is InChI=1S/C12H17N3O2/c16-6-2-5-15(11-3-1-4-11)12(17)10-7-13-9-14-8-10/h7-9,11,16H,1-6H2. The molecule has 0 saturated heterocycles. The highest BCUT2D eigenvalue weighted by Crippen LogP contribution is 2.26. The van der Waals surface area contributed by atoms with Gasteiger partial charge in [0.15, 0.2) is 0 Å². The molecule has 0 unspecified atom stereocenters. The average Bonchev–Trinajstić information content (AvgIpc) is 2.32. The van der Waals surface area contributed by atoms with E-state index < -0.39 is 0 Å². The van der Waals surface area contributed by atoms with Crippen LogP contribution in [0.2, 0.25) is 0 Å². The van der Waals surface area contributed by atoms with Gasteiger partial charge in [-0.25, -0.2) is 9.97 Å². The van der Waals surface area contributed by atoms with E-state index >= 15 is 0 Å². The summed E-state index contributed by atoms with van der Waals surface area (Å²) in [6.45, 7) is 0.719. The fraction of sp³-hybridized carbons (Fsp3) is 0.583. The van der Waals surface area contributed by atoms with Crippen molar-refractivity contribution in [2.75, 3.05) is 13.2 Å². The fourth-order valence-electron chi connectivity index (χ4n) is 1.96. The SMILES string of the molecule is O=C(c1cncnc1)N(CCCO)C1CCC1. The number of aliphatic hydroxyl groups excluding tert-OH is 1. The van der Waals surface area contributed by atoms with Crippen molar-refractivity contribution < 1.29 is 9.90 Å². The first-order chi connectivity index (χ1) is 8.33. The molecule has 1 aliphatic carbocycles. The van der Waals surface area contributed by atoms with E-state index in [-0.39, 0.29) is 12.5 Å². The van der Waals surface area contributed by atoms with Crippen LogP contribution in [0.4, 0.5) is 0 Å². The Bertz CT molecular complexity index is 365. The van der Waals surface area contributed by atoms with Crippen molar-refractivity contribution in [2.45, 2.75) is 31.7 Å². The molecular formula is C12H17N3O2. The zero-order valence-corrected chi connectivity index (χ0v) is 9.75. The van der Waals surface area contributed by atoms with Crippen molar-refractivity contribution in [3.8, 4) is 0 Å². The van der Waals surface area contributed by atoms with Gasteiger partial charge in [-0.3, -0.25) is 4.79 Å². The van der Waals surface area contributed by atoms with Crippen LogP contribution in [0.5, 0.6) is 0 Å². The van der Waals surface area contributed by atoms with Crippen LogP contribution in [-0.4, -0.2) is 45.1 Å². The van der Waals surface area contributed by atoms with E-state index in [0.29, 0.717) is 24.6 Å². The monoisotopic (exact) mass is 235 g/mol. The summed E-state index contributed by atoms with van der Waals surface area (Å²) in [5, 5.41) is 8.88. The third kappa shape index (κ3) is 2.79. The Morgan fingerprint density at radius 2 is 2.12 bits per heavy atom. The lowest BCUT2D eigenvalue weighted by Crippen LogP contribution is -2.45. The van der Waals surface area contributed by atoms with Gasteiger partial charge in [-0.1, -0.05) is 0 Å². The predicted octanol–water partition coefficient (Wildman–Crippen LogP) is 0.854. The molecule has 1 aromatic rings. The van der Waals surface area contributed by atoms with Crippen molar-refractivity contribution in [1.82, 2.24) is 14.9 Å². The average molecular weight is 235 g/mol. The van der Waals surface area contributed by atoms with Crippen molar-refractivity contribution in [1.29, 1.82) is 0 Å². The van der Waals surface area contributed by atoms with E-state index in [1.54, 1.807) is 12.4 Å². The van der Waals surface area contributed by atoms with E-state index in [1.165, 1.54) is 12.7 Å². The molecule has 5 heteroatoms. The van der Waals surface area contributed by atoms with Crippen LogP contribution in [-0.2, 0) is 0 Å². The van der Waals surface area contributed by atoms with Gasteiger partial charge in [0.1, 0.15) is 6.33 Å². The van der Waals surface area contributed by atoms with Gasteiger partial charge >= 0.3 is 0 Å². The molecule has 1 heterocycles. The highest BCUT2D eigenvalue weighted by molar-refractivity contribution is 5.93. The van der Waals surface area contributed by atoms with Crippen LogP contribution in [0.15, 0.2) is 18.7 Å². The van der Waals surface area contributed by atoms with E-state index in [9.17, 15) is 4.79 Å². The molecule has 0 bridgehead atoms. The second kappa shape index (κ2) is 5.72. The first kappa shape index (κ1) is 12.0. The summed E-state index contributed by atoms with van der Waals surface area (Å²) in [6, 6.07) is 0.328. The summed E-state index contributed by atoms with van der Waals surface area (Å²) in [5.74, 6) is -0.0243. The zero-order valence-electron chi connectivity index (χ0n) is 9.75. The van der Waals surface area contributed by atoms with E-state index in [2.05, 4.69) is 9.97 Å². The molecule has 5 nitrogen and oxygen atoms in total. The van der Waals surface area contributed by atoms with Crippen molar-refractivity contribution in [2.24, 2.45) is 0 Å². The van der Waals surface area contributed by atoms with E-state index in [0.717, 1.165) is 12.8 Å². The number of amides is 1. The molecule has 1 aromatic heterocycles. The minimum Gasteiger partial charge on any atom is -0.396 e. The molecule has 1 fully saturated rings. The third-order valence-electron chi connectivity index (χ3n) is 3.14. The largest absolute Gasteiger partial charge is 0.396 e. The quantitative estimate of drug-likeness (QED) is 0.821. The highest BCUT2D eigenvalue weighted by Gasteiger charge is 2.29. The van der Waals surface area contributed by atoms with Gasteiger partial charge in [0, 0.05) is 31.6 Å². The number of hydrogen-bond donors (Lipinski definition) is 1. The third-order valence-corrected chi connectivity index (χ3v) is 3.14. The molecule has 1 N–H and O–H groups in total. The van der Waals surface area contributed by atoms with Gasteiger partial charge in [0.05, 0.1) is 5.56 Å². The molecule has 0 aromatic carbocycles. The van der Waals surface area contributed by atoms with Crippen LogP contribution in [0.1, 0.15) is 36.0 Å². The Hall–Kier alpha value is -1.49. The Labute approximate surface area is 100 Å². The maximum absolute atomic E-state index is 12.2. The van der Waals surface area contributed by atoms with Gasteiger partial charge in [-0.2, -0.15) is 0 Å². The molecule has 0 radical (unpaired) electrons. The summed E-state index contributed by atoms with van der Waals surface area (Å²) >= 11 is 0. The van der Waals surface area contributed by atoms with Crippen LogP contribution in [0, 0.1) is 0 Å².